The number of nitrogens with one attached hydrogen (secondary N) is 2. The lowest BCUT2D eigenvalue weighted by Crippen LogP contribution is -3.09. The molecular weight excluding hydrogens is 310 g/mol. The molecule has 122 valence electrons. The average Bonchev–Trinajstić information content (AvgIpc) is 3.28. The Morgan fingerprint density at radius 3 is 2.83 bits per heavy atom. The number of halogens is 1. The number of hydrogen-bond acceptors (Lipinski definition) is 2. The molecule has 1 amide bonds. The summed E-state index contributed by atoms with van der Waals surface area (Å²) in [5, 5.41) is 4.66. The van der Waals surface area contributed by atoms with Crippen molar-refractivity contribution >= 4 is 28.4 Å². The van der Waals surface area contributed by atoms with E-state index < -0.39 is 0 Å². The van der Waals surface area contributed by atoms with Gasteiger partial charge in [-0.25, -0.2) is 4.98 Å². The number of rotatable bonds is 5. The largest absolute Gasteiger partial charge is 0.348 e. The van der Waals surface area contributed by atoms with Crippen LogP contribution in [0.3, 0.4) is 0 Å². The van der Waals surface area contributed by atoms with E-state index in [2.05, 4.69) is 42.3 Å². The highest BCUT2D eigenvalue weighted by Gasteiger charge is 2.24. The first-order valence-corrected chi connectivity index (χ1v) is 8.48. The zero-order valence-electron chi connectivity index (χ0n) is 13.9. The Hall–Kier alpha value is -1.65. The third-order valence-corrected chi connectivity index (χ3v) is 4.76. The molecule has 23 heavy (non-hydrogen) atoms. The predicted octanol–water partition coefficient (Wildman–Crippen LogP) is 1.80. The van der Waals surface area contributed by atoms with Gasteiger partial charge < -0.3 is 10.2 Å². The van der Waals surface area contributed by atoms with Crippen LogP contribution in [-0.4, -0.2) is 30.5 Å². The van der Waals surface area contributed by atoms with Crippen molar-refractivity contribution in [2.75, 3.05) is 13.6 Å². The van der Waals surface area contributed by atoms with E-state index in [9.17, 15) is 4.79 Å². The number of carbonyl (C=O) groups is 1. The van der Waals surface area contributed by atoms with Gasteiger partial charge in [0.1, 0.15) is 11.7 Å². The van der Waals surface area contributed by atoms with Crippen LogP contribution in [0.5, 0.6) is 0 Å². The topological polar surface area (TPSA) is 46.4 Å². The smallest absolute Gasteiger partial charge is 0.275 e. The first kappa shape index (κ1) is 16.2. The van der Waals surface area contributed by atoms with Crippen molar-refractivity contribution in [2.45, 2.75) is 39.3 Å². The number of carbonyl (C=O) groups excluding carboxylic acids is 1. The van der Waals surface area contributed by atoms with Gasteiger partial charge in [0, 0.05) is 17.0 Å². The molecular formula is C18H23ClN3O+. The molecule has 5 heteroatoms. The maximum Gasteiger partial charge on any atom is 0.275 e. The monoisotopic (exact) mass is 332 g/mol. The Labute approximate surface area is 141 Å². The van der Waals surface area contributed by atoms with Crippen LogP contribution in [-0.2, 0) is 11.3 Å². The maximum atomic E-state index is 11.9. The molecule has 1 unspecified atom stereocenters. The highest BCUT2D eigenvalue weighted by atomic mass is 35.5. The van der Waals surface area contributed by atoms with E-state index in [-0.39, 0.29) is 5.91 Å². The Morgan fingerprint density at radius 2 is 2.13 bits per heavy atom. The number of nitrogens with zero attached hydrogens (tertiary/aromatic N) is 1. The van der Waals surface area contributed by atoms with E-state index in [0.29, 0.717) is 24.3 Å². The van der Waals surface area contributed by atoms with Crippen molar-refractivity contribution in [3.63, 3.8) is 0 Å². The Balaban J connectivity index is 1.75. The molecule has 1 heterocycles. The zero-order valence-corrected chi connectivity index (χ0v) is 14.6. The minimum absolute atomic E-state index is 0.112. The van der Waals surface area contributed by atoms with Crippen molar-refractivity contribution in [1.82, 2.24) is 10.3 Å². The van der Waals surface area contributed by atoms with E-state index in [1.54, 1.807) is 0 Å². The number of benzene rings is 1. The quantitative estimate of drug-likeness (QED) is 0.820. The van der Waals surface area contributed by atoms with Gasteiger partial charge in [-0.05, 0) is 43.9 Å². The summed E-state index contributed by atoms with van der Waals surface area (Å²) in [6.07, 6.45) is 2.23. The number of quaternary nitrogens is 1. The molecule has 1 aliphatic carbocycles. The van der Waals surface area contributed by atoms with Gasteiger partial charge in [-0.2, -0.15) is 0 Å². The van der Waals surface area contributed by atoms with E-state index in [4.69, 9.17) is 11.6 Å². The highest BCUT2D eigenvalue weighted by molar-refractivity contribution is 6.30. The molecule has 0 bridgehead atoms. The SMILES string of the molecule is Cc1ccc2cc(C[NH+](C)CC(=O)NC3CC3)c(Cl)nc2c1C. The summed E-state index contributed by atoms with van der Waals surface area (Å²) >= 11 is 6.38. The van der Waals surface area contributed by atoms with Crippen molar-refractivity contribution in [2.24, 2.45) is 0 Å². The van der Waals surface area contributed by atoms with Crippen molar-refractivity contribution in [1.29, 1.82) is 0 Å². The number of likely N-dealkylation sites (N-methyl/N-ethyl adjacent to an activating group) is 1. The van der Waals surface area contributed by atoms with E-state index in [1.807, 2.05) is 7.05 Å². The van der Waals surface area contributed by atoms with Gasteiger partial charge in [0.05, 0.1) is 12.6 Å². The van der Waals surface area contributed by atoms with Crippen LogP contribution in [0.2, 0.25) is 5.15 Å². The van der Waals surface area contributed by atoms with E-state index in [0.717, 1.165) is 34.2 Å². The lowest BCUT2D eigenvalue weighted by Gasteiger charge is -2.15. The Kier molecular flexibility index (Phi) is 4.55. The number of hydrogen-bond donors (Lipinski definition) is 2. The van der Waals surface area contributed by atoms with E-state index in [1.165, 1.54) is 11.1 Å². The summed E-state index contributed by atoms with van der Waals surface area (Å²) in [6.45, 7) is 5.29. The first-order valence-electron chi connectivity index (χ1n) is 8.10. The normalized spacial score (nSPS) is 15.7. The fraction of sp³-hybridized carbons (Fsp3) is 0.444. The molecule has 0 aliphatic heterocycles. The van der Waals surface area contributed by atoms with Crippen LogP contribution in [0.15, 0.2) is 18.2 Å². The van der Waals surface area contributed by atoms with Crippen LogP contribution < -0.4 is 10.2 Å². The van der Waals surface area contributed by atoms with Gasteiger partial charge in [-0.3, -0.25) is 4.79 Å². The molecule has 1 aromatic heterocycles. The van der Waals surface area contributed by atoms with Crippen LogP contribution in [0.1, 0.15) is 29.5 Å². The summed E-state index contributed by atoms with van der Waals surface area (Å²) in [6, 6.07) is 6.70. The van der Waals surface area contributed by atoms with Crippen LogP contribution in [0, 0.1) is 13.8 Å². The summed E-state index contributed by atoms with van der Waals surface area (Å²) in [5.41, 5.74) is 4.33. The average molecular weight is 333 g/mol. The van der Waals surface area contributed by atoms with Gasteiger partial charge in [-0.1, -0.05) is 23.7 Å². The molecule has 3 rings (SSSR count). The highest BCUT2D eigenvalue weighted by Crippen LogP contribution is 2.24. The van der Waals surface area contributed by atoms with Crippen LogP contribution >= 0.6 is 11.6 Å². The summed E-state index contributed by atoms with van der Waals surface area (Å²) < 4.78 is 0. The number of aromatic nitrogens is 1. The second kappa shape index (κ2) is 6.46. The second-order valence-electron chi connectivity index (χ2n) is 6.67. The van der Waals surface area contributed by atoms with Crippen LogP contribution in [0.25, 0.3) is 10.9 Å². The number of pyridine rings is 1. The minimum atomic E-state index is 0.112. The molecule has 1 atom stereocenters. The summed E-state index contributed by atoms with van der Waals surface area (Å²) in [4.78, 5) is 17.6. The molecule has 2 N–H and O–H groups in total. The van der Waals surface area contributed by atoms with Crippen molar-refractivity contribution < 1.29 is 9.69 Å². The molecule has 1 aliphatic rings. The van der Waals surface area contributed by atoms with E-state index >= 15 is 0 Å². The number of aryl methyl sites for hydroxylation is 2. The Bertz CT molecular complexity index is 756. The molecule has 4 nitrogen and oxygen atoms in total. The number of amides is 1. The lowest BCUT2D eigenvalue weighted by atomic mass is 10.0. The Morgan fingerprint density at radius 1 is 1.39 bits per heavy atom. The molecule has 1 aromatic carbocycles. The molecule has 0 saturated heterocycles. The number of fused-ring (bicyclic) bond motifs is 1. The molecule has 1 saturated carbocycles. The van der Waals surface area contributed by atoms with Gasteiger partial charge in [0.25, 0.3) is 5.91 Å². The van der Waals surface area contributed by atoms with Crippen molar-refractivity contribution in [3.05, 3.63) is 40.0 Å². The van der Waals surface area contributed by atoms with Crippen LogP contribution in [0.4, 0.5) is 0 Å². The summed E-state index contributed by atoms with van der Waals surface area (Å²) in [5.74, 6) is 0.112. The standard InChI is InChI=1S/C18H22ClN3O/c1-11-4-5-13-8-14(18(19)21-17(13)12(11)2)9-22(3)10-16(23)20-15-6-7-15/h4-5,8,15H,6-7,9-10H2,1-3H3,(H,20,23)/p+1. The minimum Gasteiger partial charge on any atom is -0.348 e. The summed E-state index contributed by atoms with van der Waals surface area (Å²) in [7, 11) is 2.01. The second-order valence-corrected chi connectivity index (χ2v) is 7.03. The molecule has 0 spiro atoms. The van der Waals surface area contributed by atoms with Gasteiger partial charge in [0.2, 0.25) is 0 Å². The fourth-order valence-electron chi connectivity index (χ4n) is 2.80. The zero-order chi connectivity index (χ0) is 16.6. The third kappa shape index (κ3) is 3.82. The van der Waals surface area contributed by atoms with Gasteiger partial charge >= 0.3 is 0 Å². The van der Waals surface area contributed by atoms with Crippen molar-refractivity contribution in [3.8, 4) is 0 Å². The molecule has 2 aromatic rings. The fourth-order valence-corrected chi connectivity index (χ4v) is 3.00. The lowest BCUT2D eigenvalue weighted by molar-refractivity contribution is -0.885. The van der Waals surface area contributed by atoms with Gasteiger partial charge in [0.15, 0.2) is 6.54 Å². The predicted molar refractivity (Wildman–Crippen MR) is 92.8 cm³/mol. The third-order valence-electron chi connectivity index (χ3n) is 4.43. The first-order chi connectivity index (χ1) is 10.9. The van der Waals surface area contributed by atoms with Gasteiger partial charge in [-0.15, -0.1) is 0 Å². The molecule has 1 fully saturated rings. The maximum absolute atomic E-state index is 11.9. The molecule has 0 radical (unpaired) electrons.